The average Bonchev–Trinajstić information content (AvgIpc) is 3.07. The van der Waals surface area contributed by atoms with Gasteiger partial charge in [-0.2, -0.15) is 0 Å². The molecule has 1 aromatic heterocycles. The zero-order valence-corrected chi connectivity index (χ0v) is 18.1. The minimum absolute atomic E-state index is 0.0778. The highest BCUT2D eigenvalue weighted by atomic mass is 16.2. The molecule has 0 unspecified atom stereocenters. The predicted octanol–water partition coefficient (Wildman–Crippen LogP) is 2.72. The number of aromatic nitrogens is 2. The molecule has 31 heavy (non-hydrogen) atoms. The first-order chi connectivity index (χ1) is 15.0. The summed E-state index contributed by atoms with van der Waals surface area (Å²) in [6.45, 7) is 5.70. The molecule has 0 spiro atoms. The second-order valence-corrected chi connectivity index (χ2v) is 8.69. The van der Waals surface area contributed by atoms with E-state index in [-0.39, 0.29) is 17.9 Å². The zero-order chi connectivity index (χ0) is 21.8. The first-order valence-electron chi connectivity index (χ1n) is 11.0. The van der Waals surface area contributed by atoms with Crippen LogP contribution in [0, 0.1) is 5.92 Å². The molecular weight excluding hydrogens is 392 g/mol. The number of rotatable bonds is 7. The van der Waals surface area contributed by atoms with Crippen LogP contribution in [0.15, 0.2) is 42.7 Å². The molecule has 3 amide bonds. The van der Waals surface area contributed by atoms with E-state index in [1.165, 1.54) is 5.56 Å². The summed E-state index contributed by atoms with van der Waals surface area (Å²) in [6, 6.07) is 12.0. The third-order valence-corrected chi connectivity index (χ3v) is 6.22. The number of piperidine rings is 1. The van der Waals surface area contributed by atoms with Gasteiger partial charge in [0.15, 0.2) is 0 Å². The lowest BCUT2D eigenvalue weighted by Gasteiger charge is -2.41. The first kappa shape index (κ1) is 21.1. The molecule has 2 fully saturated rings. The van der Waals surface area contributed by atoms with Crippen molar-refractivity contribution in [2.24, 2.45) is 5.92 Å². The van der Waals surface area contributed by atoms with Crippen LogP contribution >= 0.6 is 0 Å². The number of amides is 3. The van der Waals surface area contributed by atoms with Gasteiger partial charge in [-0.3, -0.25) is 10.1 Å². The minimum Gasteiger partial charge on any atom is -0.368 e. The van der Waals surface area contributed by atoms with Crippen LogP contribution in [-0.4, -0.2) is 46.6 Å². The van der Waals surface area contributed by atoms with Crippen LogP contribution < -0.4 is 20.9 Å². The van der Waals surface area contributed by atoms with Gasteiger partial charge in [0.05, 0.1) is 0 Å². The fourth-order valence-electron chi connectivity index (χ4n) is 4.66. The molecule has 3 heterocycles. The monoisotopic (exact) mass is 422 g/mol. The molecule has 0 radical (unpaired) electrons. The molecule has 2 saturated heterocycles. The average molecular weight is 423 g/mol. The third kappa shape index (κ3) is 4.62. The topological polar surface area (TPSA) is 99.2 Å². The largest absolute Gasteiger partial charge is 0.368 e. The summed E-state index contributed by atoms with van der Waals surface area (Å²) in [5, 5.41) is 8.78. The second kappa shape index (κ2) is 8.91. The summed E-state index contributed by atoms with van der Waals surface area (Å²) >= 11 is 0. The van der Waals surface area contributed by atoms with Gasteiger partial charge >= 0.3 is 6.03 Å². The summed E-state index contributed by atoms with van der Waals surface area (Å²) in [5.41, 5.74) is 0.314. The van der Waals surface area contributed by atoms with E-state index in [1.54, 1.807) is 6.33 Å². The van der Waals surface area contributed by atoms with Crippen LogP contribution in [0.4, 0.5) is 16.4 Å². The van der Waals surface area contributed by atoms with Crippen LogP contribution in [0.25, 0.3) is 0 Å². The Morgan fingerprint density at radius 2 is 1.90 bits per heavy atom. The van der Waals surface area contributed by atoms with Crippen molar-refractivity contribution < 1.29 is 9.59 Å². The lowest BCUT2D eigenvalue weighted by Crippen LogP contribution is -2.56. The summed E-state index contributed by atoms with van der Waals surface area (Å²) < 4.78 is 0. The number of hydrogen-bond donors (Lipinski definition) is 3. The molecular formula is C23H30N6O2. The molecule has 8 nitrogen and oxygen atoms in total. The number of carbonyl (C=O) groups excluding carboxylic acids is 2. The number of aryl methyl sites for hydroxylation is 1. The van der Waals surface area contributed by atoms with Crippen molar-refractivity contribution in [1.82, 2.24) is 20.6 Å². The molecule has 0 aliphatic carbocycles. The van der Waals surface area contributed by atoms with Gasteiger partial charge in [-0.25, -0.2) is 14.8 Å². The van der Waals surface area contributed by atoms with Crippen molar-refractivity contribution in [3.63, 3.8) is 0 Å². The highest BCUT2D eigenvalue weighted by Crippen LogP contribution is 2.35. The van der Waals surface area contributed by atoms with Crippen LogP contribution in [0.1, 0.15) is 38.7 Å². The normalized spacial score (nSPS) is 21.8. The molecule has 0 bridgehead atoms. The Bertz CT molecular complexity index is 927. The van der Waals surface area contributed by atoms with E-state index < -0.39 is 5.54 Å². The Labute approximate surface area is 182 Å². The van der Waals surface area contributed by atoms with Crippen molar-refractivity contribution in [3.8, 4) is 0 Å². The van der Waals surface area contributed by atoms with E-state index in [0.29, 0.717) is 12.5 Å². The number of anilines is 2. The fraction of sp³-hybridized carbons (Fsp3) is 0.478. The first-order valence-corrected chi connectivity index (χ1v) is 11.0. The van der Waals surface area contributed by atoms with E-state index in [2.05, 4.69) is 56.8 Å². The number of benzene rings is 1. The van der Waals surface area contributed by atoms with Gasteiger partial charge in [0.1, 0.15) is 23.5 Å². The van der Waals surface area contributed by atoms with Crippen molar-refractivity contribution in [3.05, 3.63) is 48.3 Å². The molecule has 2 aliphatic rings. The Hall–Kier alpha value is -3.16. The molecule has 0 saturated carbocycles. The lowest BCUT2D eigenvalue weighted by molar-refractivity contribution is -0.126. The van der Waals surface area contributed by atoms with Crippen LogP contribution in [0.2, 0.25) is 0 Å². The number of imide groups is 1. The van der Waals surface area contributed by atoms with Gasteiger partial charge in [-0.05, 0) is 51.0 Å². The van der Waals surface area contributed by atoms with Crippen molar-refractivity contribution in [2.75, 3.05) is 23.3 Å². The lowest BCUT2D eigenvalue weighted by atomic mass is 9.74. The molecule has 1 aromatic carbocycles. The smallest absolute Gasteiger partial charge is 0.322 e. The molecule has 2 aliphatic heterocycles. The standard InChI is InChI=1S/C23H30N6O2/c1-16(2)26-19-14-20(25-15-24-19)29-12-9-18(10-13-29)23(21(30)27-22(31)28-23)11-8-17-6-4-3-5-7-17/h3-7,14-16,18H,8-13H2,1-2H3,(H,24,25,26)(H2,27,28,30,31)/t23-/m1/s1. The van der Waals surface area contributed by atoms with E-state index in [0.717, 1.165) is 44.0 Å². The number of carbonyl (C=O) groups is 2. The van der Waals surface area contributed by atoms with E-state index in [4.69, 9.17) is 0 Å². The highest BCUT2D eigenvalue weighted by molar-refractivity contribution is 6.07. The Balaban J connectivity index is 1.45. The number of hydrogen-bond acceptors (Lipinski definition) is 6. The van der Waals surface area contributed by atoms with Crippen LogP contribution in [-0.2, 0) is 11.2 Å². The maximum atomic E-state index is 12.9. The van der Waals surface area contributed by atoms with Gasteiger partial charge in [-0.15, -0.1) is 0 Å². The van der Waals surface area contributed by atoms with E-state index in [1.807, 2.05) is 24.3 Å². The van der Waals surface area contributed by atoms with Crippen LogP contribution in [0.3, 0.4) is 0 Å². The van der Waals surface area contributed by atoms with Gasteiger partial charge in [0.2, 0.25) is 0 Å². The quantitative estimate of drug-likeness (QED) is 0.594. The molecule has 4 rings (SSSR count). The summed E-state index contributed by atoms with van der Waals surface area (Å²) in [6.07, 6.45) is 4.52. The van der Waals surface area contributed by atoms with Crippen molar-refractivity contribution >= 4 is 23.6 Å². The predicted molar refractivity (Wildman–Crippen MR) is 120 cm³/mol. The second-order valence-electron chi connectivity index (χ2n) is 8.69. The highest BCUT2D eigenvalue weighted by Gasteiger charge is 2.51. The van der Waals surface area contributed by atoms with Gasteiger partial charge < -0.3 is 15.5 Å². The Kier molecular flexibility index (Phi) is 6.06. The van der Waals surface area contributed by atoms with Crippen molar-refractivity contribution in [1.29, 1.82) is 0 Å². The Morgan fingerprint density at radius 3 is 2.55 bits per heavy atom. The molecule has 164 valence electrons. The summed E-state index contributed by atoms with van der Waals surface area (Å²) in [5.74, 6) is 1.57. The van der Waals surface area contributed by atoms with Gasteiger partial charge in [-0.1, -0.05) is 30.3 Å². The molecule has 1 atom stereocenters. The van der Waals surface area contributed by atoms with Crippen LogP contribution in [0.5, 0.6) is 0 Å². The minimum atomic E-state index is -0.852. The zero-order valence-electron chi connectivity index (χ0n) is 18.1. The summed E-state index contributed by atoms with van der Waals surface area (Å²) in [4.78, 5) is 35.9. The van der Waals surface area contributed by atoms with Crippen molar-refractivity contribution in [2.45, 2.75) is 51.1 Å². The number of nitrogens with zero attached hydrogens (tertiary/aromatic N) is 3. The molecule has 2 aromatic rings. The summed E-state index contributed by atoms with van der Waals surface area (Å²) in [7, 11) is 0. The van der Waals surface area contributed by atoms with Gasteiger partial charge in [0, 0.05) is 25.2 Å². The fourth-order valence-corrected chi connectivity index (χ4v) is 4.66. The third-order valence-electron chi connectivity index (χ3n) is 6.22. The van der Waals surface area contributed by atoms with Gasteiger partial charge in [0.25, 0.3) is 5.91 Å². The Morgan fingerprint density at radius 1 is 1.16 bits per heavy atom. The molecule has 3 N–H and O–H groups in total. The number of urea groups is 1. The maximum absolute atomic E-state index is 12.9. The van der Waals surface area contributed by atoms with E-state index >= 15 is 0 Å². The maximum Gasteiger partial charge on any atom is 0.322 e. The SMILES string of the molecule is CC(C)Nc1cc(N2CCC([C@@]3(CCc4ccccc4)NC(=O)NC3=O)CC2)ncn1. The number of nitrogens with one attached hydrogen (secondary N) is 3. The molecule has 8 heteroatoms. The van der Waals surface area contributed by atoms with E-state index in [9.17, 15) is 9.59 Å².